The Morgan fingerprint density at radius 2 is 1.88 bits per heavy atom. The van der Waals surface area contributed by atoms with Crippen LogP contribution in [0, 0.1) is 5.82 Å². The molecule has 176 valence electrons. The number of carbonyl (C=O) groups excluding carboxylic acids is 2. The molecule has 3 heterocycles. The summed E-state index contributed by atoms with van der Waals surface area (Å²) in [5, 5.41) is 13.0. The summed E-state index contributed by atoms with van der Waals surface area (Å²) in [7, 11) is 3.36. The maximum atomic E-state index is 13.1. The first-order valence-electron chi connectivity index (χ1n) is 10.7. The van der Waals surface area contributed by atoms with Crippen LogP contribution in [0.15, 0.2) is 29.1 Å². The molecule has 0 atom stereocenters. The summed E-state index contributed by atoms with van der Waals surface area (Å²) in [6.45, 7) is 1.33. The Morgan fingerprint density at radius 3 is 2.52 bits per heavy atom. The van der Waals surface area contributed by atoms with E-state index in [2.05, 4.69) is 10.3 Å². The Balaban J connectivity index is 1.60. The number of likely N-dealkylation sites (tertiary alicyclic amines) is 1. The predicted octanol–water partition coefficient (Wildman–Crippen LogP) is 1.02. The van der Waals surface area contributed by atoms with Gasteiger partial charge in [-0.3, -0.25) is 14.2 Å². The molecule has 1 fully saturated rings. The molecule has 0 saturated carbocycles. The molecule has 1 saturated heterocycles. The number of fused-ring (bicyclic) bond motifs is 2. The molecular formula is C22H26FN5O5. The molecule has 0 aliphatic carbocycles. The van der Waals surface area contributed by atoms with E-state index in [-0.39, 0.29) is 37.2 Å². The average Bonchev–Trinajstić information content (AvgIpc) is 2.81. The van der Waals surface area contributed by atoms with E-state index in [1.165, 1.54) is 33.7 Å². The Bertz CT molecular complexity index is 1120. The fraction of sp³-hybridized carbons (Fsp3) is 0.455. The molecule has 11 heteroatoms. The van der Waals surface area contributed by atoms with Crippen LogP contribution in [0.3, 0.4) is 0 Å². The molecule has 1 aromatic carbocycles. The zero-order valence-corrected chi connectivity index (χ0v) is 18.5. The molecule has 2 aliphatic rings. The van der Waals surface area contributed by atoms with Crippen molar-refractivity contribution in [3.63, 3.8) is 0 Å². The quantitative estimate of drug-likeness (QED) is 0.708. The third kappa shape index (κ3) is 4.28. The minimum atomic E-state index is -0.930. The standard InChI is InChI=1S/C22H26FN5O5/c1-26(2)21(32)27-9-7-22(8-10-27)20-25-16(17(29)19(31)28(20)11-12-33-22)18(30)24-13-14-3-5-15(23)6-4-14/h3-6,29H,7-13H2,1-2H3,(H,24,30). The first kappa shape index (κ1) is 22.7. The number of carbonyl (C=O) groups is 2. The van der Waals surface area contributed by atoms with Crippen molar-refractivity contribution in [2.24, 2.45) is 0 Å². The number of piperidine rings is 1. The van der Waals surface area contributed by atoms with Crippen molar-refractivity contribution in [1.82, 2.24) is 24.7 Å². The van der Waals surface area contributed by atoms with Gasteiger partial charge < -0.3 is 25.0 Å². The Hall–Kier alpha value is -3.47. The highest BCUT2D eigenvalue weighted by Crippen LogP contribution is 2.38. The highest BCUT2D eigenvalue weighted by molar-refractivity contribution is 5.94. The highest BCUT2D eigenvalue weighted by atomic mass is 19.1. The number of hydrogen-bond donors (Lipinski definition) is 2. The molecule has 10 nitrogen and oxygen atoms in total. The first-order valence-corrected chi connectivity index (χ1v) is 10.7. The van der Waals surface area contributed by atoms with E-state index >= 15 is 0 Å². The van der Waals surface area contributed by atoms with Crippen LogP contribution in [0.4, 0.5) is 9.18 Å². The van der Waals surface area contributed by atoms with Gasteiger partial charge in [-0.15, -0.1) is 0 Å². The minimum Gasteiger partial charge on any atom is -0.501 e. The van der Waals surface area contributed by atoms with Crippen LogP contribution in [0.5, 0.6) is 5.75 Å². The van der Waals surface area contributed by atoms with Crippen molar-refractivity contribution >= 4 is 11.9 Å². The zero-order valence-electron chi connectivity index (χ0n) is 18.5. The second kappa shape index (κ2) is 8.81. The summed E-state index contributed by atoms with van der Waals surface area (Å²) in [4.78, 5) is 45.5. The molecule has 2 aromatic rings. The second-order valence-corrected chi connectivity index (χ2v) is 8.41. The number of aromatic nitrogens is 2. The topological polar surface area (TPSA) is 117 Å². The normalized spacial score (nSPS) is 16.9. The number of nitrogens with zero attached hydrogens (tertiary/aromatic N) is 4. The maximum absolute atomic E-state index is 13.1. The van der Waals surface area contributed by atoms with Crippen LogP contribution in [0.1, 0.15) is 34.7 Å². The molecule has 1 spiro atoms. The number of urea groups is 1. The van der Waals surface area contributed by atoms with Crippen molar-refractivity contribution in [3.05, 3.63) is 57.5 Å². The Kier molecular flexibility index (Phi) is 6.07. The summed E-state index contributed by atoms with van der Waals surface area (Å²) >= 11 is 0. The lowest BCUT2D eigenvalue weighted by Gasteiger charge is -2.44. The van der Waals surface area contributed by atoms with Gasteiger partial charge in [-0.25, -0.2) is 14.2 Å². The van der Waals surface area contributed by atoms with E-state index in [4.69, 9.17) is 4.74 Å². The highest BCUT2D eigenvalue weighted by Gasteiger charge is 2.45. The van der Waals surface area contributed by atoms with Crippen LogP contribution >= 0.6 is 0 Å². The monoisotopic (exact) mass is 459 g/mol. The van der Waals surface area contributed by atoms with Crippen LogP contribution in [0.2, 0.25) is 0 Å². The minimum absolute atomic E-state index is 0.0713. The number of ether oxygens (including phenoxy) is 1. The Labute approximate surface area is 189 Å². The van der Waals surface area contributed by atoms with E-state index in [1.807, 2.05) is 0 Å². The molecular weight excluding hydrogens is 433 g/mol. The molecule has 4 rings (SSSR count). The van der Waals surface area contributed by atoms with Crippen molar-refractivity contribution in [1.29, 1.82) is 0 Å². The van der Waals surface area contributed by atoms with Gasteiger partial charge in [-0.2, -0.15) is 0 Å². The second-order valence-electron chi connectivity index (χ2n) is 8.41. The molecule has 1 aromatic heterocycles. The molecule has 0 bridgehead atoms. The van der Waals surface area contributed by atoms with Gasteiger partial charge in [-0.1, -0.05) is 12.1 Å². The Morgan fingerprint density at radius 1 is 1.21 bits per heavy atom. The summed E-state index contributed by atoms with van der Waals surface area (Å²) in [5.41, 5.74) is -1.37. The van der Waals surface area contributed by atoms with Crippen LogP contribution in [-0.2, 0) is 23.4 Å². The number of aromatic hydroxyl groups is 1. The lowest BCUT2D eigenvalue weighted by molar-refractivity contribution is -0.113. The van der Waals surface area contributed by atoms with Gasteiger partial charge in [0.25, 0.3) is 11.5 Å². The fourth-order valence-electron chi connectivity index (χ4n) is 4.23. The van der Waals surface area contributed by atoms with Crippen molar-refractivity contribution in [2.75, 3.05) is 33.8 Å². The largest absolute Gasteiger partial charge is 0.501 e. The first-order chi connectivity index (χ1) is 15.7. The summed E-state index contributed by atoms with van der Waals surface area (Å²) in [5.74, 6) is -1.57. The van der Waals surface area contributed by atoms with Crippen LogP contribution < -0.4 is 10.9 Å². The van der Waals surface area contributed by atoms with Crippen molar-refractivity contribution in [2.45, 2.75) is 31.5 Å². The summed E-state index contributed by atoms with van der Waals surface area (Å²) in [6.07, 6.45) is 0.806. The molecule has 0 unspecified atom stereocenters. The molecule has 0 radical (unpaired) electrons. The lowest BCUT2D eigenvalue weighted by Crippen LogP contribution is -2.53. The average molecular weight is 459 g/mol. The van der Waals surface area contributed by atoms with Gasteiger partial charge in [-0.05, 0) is 17.7 Å². The van der Waals surface area contributed by atoms with E-state index in [9.17, 15) is 23.9 Å². The van der Waals surface area contributed by atoms with E-state index in [0.717, 1.165) is 0 Å². The van der Waals surface area contributed by atoms with Crippen molar-refractivity contribution < 1.29 is 23.8 Å². The fourth-order valence-corrected chi connectivity index (χ4v) is 4.23. The van der Waals surface area contributed by atoms with Gasteiger partial charge in [0, 0.05) is 46.6 Å². The van der Waals surface area contributed by atoms with E-state index in [1.54, 1.807) is 19.0 Å². The van der Waals surface area contributed by atoms with Gasteiger partial charge in [0.15, 0.2) is 5.69 Å². The molecule has 33 heavy (non-hydrogen) atoms. The number of halogens is 1. The lowest BCUT2D eigenvalue weighted by atomic mass is 9.88. The summed E-state index contributed by atoms with van der Waals surface area (Å²) < 4.78 is 20.5. The number of rotatable bonds is 3. The van der Waals surface area contributed by atoms with Crippen molar-refractivity contribution in [3.8, 4) is 5.75 Å². The number of hydrogen-bond acceptors (Lipinski definition) is 6. The van der Waals surface area contributed by atoms with Gasteiger partial charge in [0.1, 0.15) is 17.2 Å². The van der Waals surface area contributed by atoms with Gasteiger partial charge >= 0.3 is 6.03 Å². The maximum Gasteiger partial charge on any atom is 0.319 e. The number of nitrogens with one attached hydrogen (secondary N) is 1. The summed E-state index contributed by atoms with van der Waals surface area (Å²) in [6, 6.07) is 5.48. The molecule has 2 aliphatic heterocycles. The number of benzene rings is 1. The third-order valence-corrected chi connectivity index (χ3v) is 6.05. The smallest absolute Gasteiger partial charge is 0.319 e. The predicted molar refractivity (Wildman–Crippen MR) is 115 cm³/mol. The zero-order chi connectivity index (χ0) is 23.8. The number of amides is 3. The molecule has 3 amide bonds. The van der Waals surface area contributed by atoms with Crippen LogP contribution in [-0.4, -0.2) is 70.2 Å². The van der Waals surface area contributed by atoms with E-state index in [0.29, 0.717) is 31.5 Å². The van der Waals surface area contributed by atoms with Gasteiger partial charge in [0.05, 0.1) is 13.2 Å². The third-order valence-electron chi connectivity index (χ3n) is 6.05. The SMILES string of the molecule is CN(C)C(=O)N1CCC2(CC1)OCCn1c2nc(C(=O)NCc2ccc(F)cc2)c(O)c1=O. The van der Waals surface area contributed by atoms with Crippen LogP contribution in [0.25, 0.3) is 0 Å². The van der Waals surface area contributed by atoms with E-state index < -0.39 is 28.6 Å². The van der Waals surface area contributed by atoms with Gasteiger partial charge in [0.2, 0.25) is 5.75 Å². The molecule has 2 N–H and O–H groups in total.